The van der Waals surface area contributed by atoms with Crippen molar-refractivity contribution in [2.75, 3.05) is 6.54 Å². The Morgan fingerprint density at radius 2 is 1.72 bits per heavy atom. The Morgan fingerprint density at radius 1 is 0.966 bits per heavy atom. The Bertz CT molecular complexity index is 1200. The minimum atomic E-state index is -0.320. The van der Waals surface area contributed by atoms with Gasteiger partial charge in [0, 0.05) is 24.8 Å². The Morgan fingerprint density at radius 3 is 2.48 bits per heavy atom. The highest BCUT2D eigenvalue weighted by Gasteiger charge is 2.14. The molecule has 0 fully saturated rings. The number of hydrogen-bond donors (Lipinski definition) is 1. The summed E-state index contributed by atoms with van der Waals surface area (Å²) in [7, 11) is 0. The maximum Gasteiger partial charge on any atom is 0.330 e. The number of nitrogens with one attached hydrogen (secondary N) is 1. The molecule has 0 aliphatic carbocycles. The maximum absolute atomic E-state index is 13.2. The van der Waals surface area contributed by atoms with Crippen molar-refractivity contribution in [1.29, 1.82) is 0 Å². The van der Waals surface area contributed by atoms with E-state index < -0.39 is 0 Å². The van der Waals surface area contributed by atoms with Crippen molar-refractivity contribution in [2.45, 2.75) is 13.1 Å². The molecule has 2 aromatic carbocycles. The lowest BCUT2D eigenvalue weighted by molar-refractivity contribution is 0.0952. The summed E-state index contributed by atoms with van der Waals surface area (Å²) in [5.41, 5.74) is 2.40. The average Bonchev–Trinajstić information content (AvgIpc) is 3.02. The van der Waals surface area contributed by atoms with Crippen molar-refractivity contribution >= 4 is 17.1 Å². The van der Waals surface area contributed by atoms with Gasteiger partial charge in [-0.05, 0) is 42.0 Å². The van der Waals surface area contributed by atoms with Gasteiger partial charge in [0.25, 0.3) is 5.91 Å². The number of carbonyl (C=O) groups excluding carboxylic acids is 1. The summed E-state index contributed by atoms with van der Waals surface area (Å²) >= 11 is 0. The Balaban J connectivity index is 1.56. The largest absolute Gasteiger partial charge is 0.350 e. The zero-order valence-electron chi connectivity index (χ0n) is 15.6. The van der Waals surface area contributed by atoms with E-state index in [4.69, 9.17) is 0 Å². The molecule has 146 valence electrons. The van der Waals surface area contributed by atoms with Gasteiger partial charge in [-0.3, -0.25) is 13.9 Å². The molecule has 0 saturated heterocycles. The number of carbonyl (C=O) groups is 1. The van der Waals surface area contributed by atoms with Crippen molar-refractivity contribution < 1.29 is 9.18 Å². The molecule has 0 unspecified atom stereocenters. The minimum Gasteiger partial charge on any atom is -0.350 e. The Hall–Kier alpha value is -3.74. The lowest BCUT2D eigenvalue weighted by atomic mass is 10.2. The molecule has 0 spiro atoms. The molecule has 7 heteroatoms. The molecule has 1 amide bonds. The van der Waals surface area contributed by atoms with Gasteiger partial charge >= 0.3 is 5.69 Å². The zero-order chi connectivity index (χ0) is 20.2. The monoisotopic (exact) mass is 390 g/mol. The van der Waals surface area contributed by atoms with Gasteiger partial charge in [0.05, 0.1) is 12.1 Å². The van der Waals surface area contributed by atoms with Crippen LogP contribution in [0.25, 0.3) is 11.2 Å². The molecule has 0 aliphatic heterocycles. The number of imidazole rings is 1. The van der Waals surface area contributed by atoms with E-state index in [0.29, 0.717) is 36.4 Å². The van der Waals surface area contributed by atoms with Crippen LogP contribution in [0.15, 0.2) is 77.7 Å². The van der Waals surface area contributed by atoms with E-state index >= 15 is 0 Å². The molecule has 0 saturated carbocycles. The Kier molecular flexibility index (Phi) is 5.20. The topological polar surface area (TPSA) is 68.9 Å². The normalized spacial score (nSPS) is 10.9. The molecule has 0 atom stereocenters. The number of benzene rings is 2. The number of fused-ring (bicyclic) bond motifs is 1. The van der Waals surface area contributed by atoms with E-state index in [9.17, 15) is 14.0 Å². The second-order valence-electron chi connectivity index (χ2n) is 6.61. The Labute approximate surface area is 166 Å². The first-order valence-corrected chi connectivity index (χ1v) is 9.25. The van der Waals surface area contributed by atoms with Crippen LogP contribution in [0, 0.1) is 5.82 Å². The number of amides is 1. The van der Waals surface area contributed by atoms with Crippen LogP contribution in [0.5, 0.6) is 0 Å². The van der Waals surface area contributed by atoms with Crippen molar-refractivity contribution in [3.63, 3.8) is 0 Å². The van der Waals surface area contributed by atoms with E-state index in [2.05, 4.69) is 10.3 Å². The number of nitrogens with zero attached hydrogens (tertiary/aromatic N) is 3. The van der Waals surface area contributed by atoms with Crippen LogP contribution in [-0.2, 0) is 13.1 Å². The van der Waals surface area contributed by atoms with Gasteiger partial charge < -0.3 is 5.32 Å². The van der Waals surface area contributed by atoms with E-state index in [1.165, 1.54) is 12.1 Å². The molecule has 0 radical (unpaired) electrons. The first kappa shape index (κ1) is 18.6. The first-order valence-electron chi connectivity index (χ1n) is 9.25. The molecule has 4 rings (SSSR count). The van der Waals surface area contributed by atoms with Crippen molar-refractivity contribution in [3.05, 3.63) is 100 Å². The first-order chi connectivity index (χ1) is 14.1. The van der Waals surface area contributed by atoms with Gasteiger partial charge in [-0.2, -0.15) is 0 Å². The lowest BCUT2D eigenvalue weighted by Crippen LogP contribution is -2.32. The molecule has 0 bridgehead atoms. The van der Waals surface area contributed by atoms with Crippen LogP contribution >= 0.6 is 0 Å². The highest BCUT2D eigenvalue weighted by molar-refractivity contribution is 5.94. The molecular formula is C22H19FN4O2. The van der Waals surface area contributed by atoms with E-state index in [0.717, 1.165) is 5.56 Å². The predicted octanol–water partition coefficient (Wildman–Crippen LogP) is 2.82. The van der Waals surface area contributed by atoms with Gasteiger partial charge in [-0.1, -0.05) is 30.3 Å². The molecule has 2 aromatic heterocycles. The maximum atomic E-state index is 13.2. The van der Waals surface area contributed by atoms with Crippen LogP contribution in [0.3, 0.4) is 0 Å². The summed E-state index contributed by atoms with van der Waals surface area (Å²) in [6.45, 7) is 0.895. The summed E-state index contributed by atoms with van der Waals surface area (Å²) in [4.78, 5) is 29.6. The number of pyridine rings is 1. The molecule has 2 heterocycles. The van der Waals surface area contributed by atoms with E-state index in [-0.39, 0.29) is 17.4 Å². The molecule has 0 aliphatic rings. The standard InChI is InChI=1S/C22H19FN4O2/c23-18-10-8-16(9-11-18)15-27-19-7-4-12-24-20(19)26(22(27)29)14-13-25-21(28)17-5-2-1-3-6-17/h1-12H,13-15H2,(H,25,28). The highest BCUT2D eigenvalue weighted by atomic mass is 19.1. The highest BCUT2D eigenvalue weighted by Crippen LogP contribution is 2.12. The van der Waals surface area contributed by atoms with E-state index in [1.54, 1.807) is 57.8 Å². The smallest absolute Gasteiger partial charge is 0.330 e. The van der Waals surface area contributed by atoms with Crippen LogP contribution in [0.2, 0.25) is 0 Å². The van der Waals surface area contributed by atoms with E-state index in [1.807, 2.05) is 12.1 Å². The number of halogens is 1. The fourth-order valence-corrected chi connectivity index (χ4v) is 3.25. The van der Waals surface area contributed by atoms with Gasteiger partial charge in [0.2, 0.25) is 0 Å². The molecule has 4 aromatic rings. The number of hydrogen-bond acceptors (Lipinski definition) is 3. The fourth-order valence-electron chi connectivity index (χ4n) is 3.25. The SMILES string of the molecule is O=C(NCCn1c(=O)n(Cc2ccc(F)cc2)c2cccnc21)c1ccccc1. The van der Waals surface area contributed by atoms with Crippen LogP contribution in [-0.4, -0.2) is 26.6 Å². The third kappa shape index (κ3) is 3.94. The van der Waals surface area contributed by atoms with Crippen molar-refractivity contribution in [3.8, 4) is 0 Å². The molecule has 6 nitrogen and oxygen atoms in total. The van der Waals surface area contributed by atoms with Crippen LogP contribution in [0.1, 0.15) is 15.9 Å². The zero-order valence-corrected chi connectivity index (χ0v) is 15.6. The van der Waals surface area contributed by atoms with Gasteiger partial charge in [-0.15, -0.1) is 0 Å². The van der Waals surface area contributed by atoms with Crippen LogP contribution < -0.4 is 11.0 Å². The van der Waals surface area contributed by atoms with Crippen molar-refractivity contribution in [1.82, 2.24) is 19.4 Å². The molecule has 29 heavy (non-hydrogen) atoms. The molecular weight excluding hydrogens is 371 g/mol. The predicted molar refractivity (Wildman–Crippen MR) is 108 cm³/mol. The third-order valence-corrected chi connectivity index (χ3v) is 4.69. The van der Waals surface area contributed by atoms with Crippen molar-refractivity contribution in [2.24, 2.45) is 0 Å². The van der Waals surface area contributed by atoms with Crippen LogP contribution in [0.4, 0.5) is 4.39 Å². The second kappa shape index (κ2) is 8.10. The fraction of sp³-hybridized carbons (Fsp3) is 0.136. The van der Waals surface area contributed by atoms with Gasteiger partial charge in [-0.25, -0.2) is 14.2 Å². The van der Waals surface area contributed by atoms with Gasteiger partial charge in [0.1, 0.15) is 5.82 Å². The number of rotatable bonds is 6. The minimum absolute atomic E-state index is 0.193. The lowest BCUT2D eigenvalue weighted by Gasteiger charge is -2.06. The quantitative estimate of drug-likeness (QED) is 0.550. The summed E-state index contributed by atoms with van der Waals surface area (Å²) in [5.74, 6) is -0.513. The summed E-state index contributed by atoms with van der Waals surface area (Å²) in [5, 5.41) is 2.83. The summed E-state index contributed by atoms with van der Waals surface area (Å²) in [6, 6.07) is 18.6. The molecule has 1 N–H and O–H groups in total. The average molecular weight is 390 g/mol. The summed E-state index contributed by atoms with van der Waals surface area (Å²) in [6.07, 6.45) is 1.63. The van der Waals surface area contributed by atoms with Gasteiger partial charge in [0.15, 0.2) is 5.65 Å². The third-order valence-electron chi connectivity index (χ3n) is 4.69. The summed E-state index contributed by atoms with van der Waals surface area (Å²) < 4.78 is 16.3. The second-order valence-corrected chi connectivity index (χ2v) is 6.61. The number of aromatic nitrogens is 3.